The molecule has 2 aromatic heterocycles. The van der Waals surface area contributed by atoms with Gasteiger partial charge in [-0.1, -0.05) is 19.9 Å². The van der Waals surface area contributed by atoms with Gasteiger partial charge in [0.05, 0.1) is 30.9 Å². The molecular formula is C22H24N2O5. The SMILES string of the molecule is CC(C)[C@H](NC(=O)Cn1ccc2occc2c1=O)c1ccc2c(c1)OCCCO2. The van der Waals surface area contributed by atoms with Gasteiger partial charge in [-0.2, -0.15) is 0 Å². The molecule has 1 amide bonds. The first-order valence-corrected chi connectivity index (χ1v) is 9.78. The van der Waals surface area contributed by atoms with E-state index in [-0.39, 0.29) is 30.0 Å². The third kappa shape index (κ3) is 3.99. The molecule has 3 aromatic rings. The molecule has 4 rings (SSSR count). The summed E-state index contributed by atoms with van der Waals surface area (Å²) in [7, 11) is 0. The number of ether oxygens (including phenoxy) is 2. The lowest BCUT2D eigenvalue weighted by atomic mass is 9.95. The van der Waals surface area contributed by atoms with Gasteiger partial charge in [0.2, 0.25) is 5.91 Å². The Morgan fingerprint density at radius 2 is 1.93 bits per heavy atom. The molecule has 0 unspecified atom stereocenters. The average Bonchev–Trinajstić information content (AvgIpc) is 3.06. The van der Waals surface area contributed by atoms with Crippen LogP contribution in [-0.4, -0.2) is 23.7 Å². The highest BCUT2D eigenvalue weighted by atomic mass is 16.5. The maximum absolute atomic E-state index is 12.7. The number of hydrogen-bond acceptors (Lipinski definition) is 5. The molecule has 1 atom stereocenters. The van der Waals surface area contributed by atoms with Gasteiger partial charge in [-0.25, -0.2) is 0 Å². The van der Waals surface area contributed by atoms with Crippen molar-refractivity contribution >= 4 is 16.9 Å². The van der Waals surface area contributed by atoms with Gasteiger partial charge >= 0.3 is 0 Å². The van der Waals surface area contributed by atoms with E-state index in [0.717, 1.165) is 17.7 Å². The molecule has 7 heteroatoms. The van der Waals surface area contributed by atoms with Crippen LogP contribution in [0, 0.1) is 5.92 Å². The van der Waals surface area contributed by atoms with Crippen molar-refractivity contribution in [3.63, 3.8) is 0 Å². The minimum atomic E-state index is -0.247. The lowest BCUT2D eigenvalue weighted by Crippen LogP contribution is -2.36. The first kappa shape index (κ1) is 19.1. The summed E-state index contributed by atoms with van der Waals surface area (Å²) in [6.45, 7) is 5.25. The van der Waals surface area contributed by atoms with Gasteiger partial charge in [-0.15, -0.1) is 0 Å². The highest BCUT2D eigenvalue weighted by Crippen LogP contribution is 2.34. The molecule has 0 spiro atoms. The largest absolute Gasteiger partial charge is 0.490 e. The Bertz CT molecular complexity index is 1080. The maximum atomic E-state index is 12.7. The summed E-state index contributed by atoms with van der Waals surface area (Å²) in [4.78, 5) is 25.2. The Morgan fingerprint density at radius 1 is 1.14 bits per heavy atom. The highest BCUT2D eigenvalue weighted by Gasteiger charge is 2.21. The molecule has 152 valence electrons. The second-order valence-corrected chi connectivity index (χ2v) is 7.49. The summed E-state index contributed by atoms with van der Waals surface area (Å²) in [6, 6.07) is 8.84. The van der Waals surface area contributed by atoms with Crippen LogP contribution in [0.2, 0.25) is 0 Å². The molecule has 29 heavy (non-hydrogen) atoms. The molecule has 3 heterocycles. The minimum Gasteiger partial charge on any atom is -0.490 e. The number of nitrogens with one attached hydrogen (secondary N) is 1. The van der Waals surface area contributed by atoms with E-state index in [4.69, 9.17) is 13.9 Å². The molecule has 0 saturated heterocycles. The summed E-state index contributed by atoms with van der Waals surface area (Å²) >= 11 is 0. The van der Waals surface area contributed by atoms with Crippen LogP contribution in [0.25, 0.3) is 11.0 Å². The van der Waals surface area contributed by atoms with Gasteiger partial charge in [0.15, 0.2) is 11.5 Å². The molecule has 1 aliphatic rings. The van der Waals surface area contributed by atoms with Crippen LogP contribution in [0.1, 0.15) is 31.9 Å². The minimum absolute atomic E-state index is 0.0618. The van der Waals surface area contributed by atoms with Crippen LogP contribution >= 0.6 is 0 Å². The monoisotopic (exact) mass is 396 g/mol. The van der Waals surface area contributed by atoms with E-state index in [1.165, 1.54) is 10.8 Å². The van der Waals surface area contributed by atoms with Gasteiger partial charge in [-0.3, -0.25) is 9.59 Å². The fourth-order valence-electron chi connectivity index (χ4n) is 3.51. The Labute approximate surface area is 168 Å². The number of carbonyl (C=O) groups is 1. The van der Waals surface area contributed by atoms with E-state index in [0.29, 0.717) is 29.9 Å². The predicted molar refractivity (Wildman–Crippen MR) is 108 cm³/mol. The molecule has 1 aliphatic heterocycles. The molecule has 0 bridgehead atoms. The van der Waals surface area contributed by atoms with Crippen molar-refractivity contribution in [2.45, 2.75) is 32.9 Å². The smallest absolute Gasteiger partial charge is 0.262 e. The van der Waals surface area contributed by atoms with Crippen LogP contribution in [0.15, 0.2) is 52.0 Å². The van der Waals surface area contributed by atoms with Crippen LogP contribution < -0.4 is 20.3 Å². The Morgan fingerprint density at radius 3 is 2.72 bits per heavy atom. The molecule has 7 nitrogen and oxygen atoms in total. The summed E-state index contributed by atoms with van der Waals surface area (Å²) in [5, 5.41) is 3.52. The van der Waals surface area contributed by atoms with Crippen LogP contribution in [0.5, 0.6) is 11.5 Å². The standard InChI is InChI=1S/C22H24N2O5/c1-14(2)21(15-4-5-18-19(12-15)28-10-3-9-27-18)23-20(25)13-24-8-6-17-16(22(24)26)7-11-29-17/h4-8,11-12,14,21H,3,9-10,13H2,1-2H3,(H,23,25)/t21-/m0/s1. The predicted octanol–water partition coefficient (Wildman–Crippen LogP) is 3.27. The summed E-state index contributed by atoms with van der Waals surface area (Å²) < 4.78 is 18.1. The first-order chi connectivity index (χ1) is 14.0. The van der Waals surface area contributed by atoms with Crippen molar-refractivity contribution < 1.29 is 18.7 Å². The van der Waals surface area contributed by atoms with Crippen LogP contribution in [-0.2, 0) is 11.3 Å². The van der Waals surface area contributed by atoms with Crippen molar-refractivity contribution in [2.75, 3.05) is 13.2 Å². The Hall–Kier alpha value is -3.22. The lowest BCUT2D eigenvalue weighted by Gasteiger charge is -2.24. The van der Waals surface area contributed by atoms with E-state index < -0.39 is 0 Å². The second-order valence-electron chi connectivity index (χ2n) is 7.49. The molecule has 1 N–H and O–H groups in total. The molecule has 0 radical (unpaired) electrons. The van der Waals surface area contributed by atoms with E-state index >= 15 is 0 Å². The zero-order valence-electron chi connectivity index (χ0n) is 16.5. The second kappa shape index (κ2) is 8.03. The normalized spacial score (nSPS) is 14.6. The number of rotatable bonds is 5. The fraction of sp³-hybridized carbons (Fsp3) is 0.364. The summed E-state index contributed by atoms with van der Waals surface area (Å²) in [5.41, 5.74) is 1.21. The highest BCUT2D eigenvalue weighted by molar-refractivity contribution is 5.78. The van der Waals surface area contributed by atoms with Gasteiger partial charge in [0, 0.05) is 12.6 Å². The Kier molecular flexibility index (Phi) is 5.29. The van der Waals surface area contributed by atoms with Gasteiger partial charge in [0.1, 0.15) is 12.1 Å². The number of fused-ring (bicyclic) bond motifs is 2. The average molecular weight is 396 g/mol. The number of hydrogen-bond donors (Lipinski definition) is 1. The van der Waals surface area contributed by atoms with E-state index in [9.17, 15) is 9.59 Å². The lowest BCUT2D eigenvalue weighted by molar-refractivity contribution is -0.122. The molecule has 1 aromatic carbocycles. The number of nitrogens with zero attached hydrogens (tertiary/aromatic N) is 1. The zero-order valence-corrected chi connectivity index (χ0v) is 16.5. The quantitative estimate of drug-likeness (QED) is 0.716. The number of furan rings is 1. The summed E-state index contributed by atoms with van der Waals surface area (Å²) in [5.74, 6) is 1.33. The zero-order chi connectivity index (χ0) is 20.4. The first-order valence-electron chi connectivity index (χ1n) is 9.78. The van der Waals surface area contributed by atoms with E-state index in [1.807, 2.05) is 32.0 Å². The fourth-order valence-corrected chi connectivity index (χ4v) is 3.51. The van der Waals surface area contributed by atoms with E-state index in [2.05, 4.69) is 5.32 Å². The maximum Gasteiger partial charge on any atom is 0.262 e. The molecular weight excluding hydrogens is 372 g/mol. The van der Waals surface area contributed by atoms with E-state index in [1.54, 1.807) is 18.3 Å². The van der Waals surface area contributed by atoms with Gasteiger partial charge in [0.25, 0.3) is 5.56 Å². The summed E-state index contributed by atoms with van der Waals surface area (Å²) in [6.07, 6.45) is 3.88. The Balaban J connectivity index is 1.53. The number of carbonyl (C=O) groups excluding carboxylic acids is 1. The van der Waals surface area contributed by atoms with Crippen molar-refractivity contribution in [1.82, 2.24) is 9.88 Å². The molecule has 0 fully saturated rings. The molecule has 0 aliphatic carbocycles. The number of benzene rings is 1. The van der Waals surface area contributed by atoms with Gasteiger partial charge < -0.3 is 23.8 Å². The van der Waals surface area contributed by atoms with Crippen molar-refractivity contribution in [3.8, 4) is 11.5 Å². The number of aromatic nitrogens is 1. The third-order valence-corrected chi connectivity index (χ3v) is 5.02. The van der Waals surface area contributed by atoms with Crippen molar-refractivity contribution in [1.29, 1.82) is 0 Å². The van der Waals surface area contributed by atoms with Gasteiger partial charge in [-0.05, 0) is 35.7 Å². The topological polar surface area (TPSA) is 82.7 Å². The van der Waals surface area contributed by atoms with Crippen molar-refractivity contribution in [3.05, 3.63) is 58.7 Å². The van der Waals surface area contributed by atoms with Crippen LogP contribution in [0.3, 0.4) is 0 Å². The van der Waals surface area contributed by atoms with Crippen LogP contribution in [0.4, 0.5) is 0 Å². The number of amides is 1. The number of pyridine rings is 1. The van der Waals surface area contributed by atoms with Crippen molar-refractivity contribution in [2.24, 2.45) is 5.92 Å². The molecule has 0 saturated carbocycles. The third-order valence-electron chi connectivity index (χ3n) is 5.02.